The molecule has 2 rings (SSSR count). The molecule has 1 aromatic carbocycles. The van der Waals surface area contributed by atoms with Gasteiger partial charge in [-0.15, -0.1) is 0 Å². The van der Waals surface area contributed by atoms with Gasteiger partial charge in [-0.05, 0) is 18.1 Å². The quantitative estimate of drug-likeness (QED) is 0.818. The molecule has 80 valence electrons. The first-order valence-corrected chi connectivity index (χ1v) is 5.60. The number of rotatable bonds is 3. The number of ketones is 1. The smallest absolute Gasteiger partial charge is 0.158 e. The van der Waals surface area contributed by atoms with E-state index in [-0.39, 0.29) is 12.0 Å². The van der Waals surface area contributed by atoms with Gasteiger partial charge >= 0.3 is 0 Å². The lowest BCUT2D eigenvalue weighted by Gasteiger charge is -2.14. The van der Waals surface area contributed by atoms with Crippen molar-refractivity contribution in [3.05, 3.63) is 29.8 Å². The van der Waals surface area contributed by atoms with Crippen molar-refractivity contribution in [3.63, 3.8) is 0 Å². The molecule has 15 heavy (non-hydrogen) atoms. The molecule has 1 N–H and O–H groups in total. The minimum absolute atomic E-state index is 0.00245. The standard InChI is InChI=1S/C13H17NO/c1-3-9(2)13(15)12-8-10-6-4-5-7-11(10)14-12/h4-7,9,12,14H,3,8H2,1-2H3. The van der Waals surface area contributed by atoms with Crippen LogP contribution in [0, 0.1) is 5.92 Å². The fourth-order valence-electron chi connectivity index (χ4n) is 2.01. The van der Waals surface area contributed by atoms with E-state index in [0.717, 1.165) is 18.5 Å². The first kappa shape index (κ1) is 10.2. The summed E-state index contributed by atoms with van der Waals surface area (Å²) >= 11 is 0. The van der Waals surface area contributed by atoms with Crippen LogP contribution in [-0.2, 0) is 11.2 Å². The Morgan fingerprint density at radius 1 is 1.53 bits per heavy atom. The number of anilines is 1. The predicted octanol–water partition coefficient (Wildman–Crippen LogP) is 2.64. The highest BCUT2D eigenvalue weighted by Crippen LogP contribution is 2.27. The summed E-state index contributed by atoms with van der Waals surface area (Å²) in [5, 5.41) is 3.30. The average molecular weight is 203 g/mol. The monoisotopic (exact) mass is 203 g/mol. The van der Waals surface area contributed by atoms with E-state index in [4.69, 9.17) is 0 Å². The molecule has 0 spiro atoms. The fourth-order valence-corrected chi connectivity index (χ4v) is 2.01. The van der Waals surface area contributed by atoms with E-state index in [9.17, 15) is 4.79 Å². The van der Waals surface area contributed by atoms with Gasteiger partial charge in [0, 0.05) is 18.0 Å². The molecule has 2 atom stereocenters. The van der Waals surface area contributed by atoms with E-state index in [2.05, 4.69) is 18.3 Å². The highest BCUT2D eigenvalue weighted by atomic mass is 16.1. The summed E-state index contributed by atoms with van der Waals surface area (Å²) in [4.78, 5) is 12.0. The first-order chi connectivity index (χ1) is 7.22. The molecule has 0 aromatic heterocycles. The Balaban J connectivity index is 2.10. The van der Waals surface area contributed by atoms with Gasteiger partial charge in [-0.25, -0.2) is 0 Å². The Bertz CT molecular complexity index is 348. The van der Waals surface area contributed by atoms with Crippen LogP contribution in [0.3, 0.4) is 0 Å². The summed E-state index contributed by atoms with van der Waals surface area (Å²) in [6, 6.07) is 8.15. The minimum Gasteiger partial charge on any atom is -0.375 e. The molecule has 2 heteroatoms. The summed E-state index contributed by atoms with van der Waals surface area (Å²) in [7, 11) is 0. The van der Waals surface area contributed by atoms with Crippen LogP contribution in [0.25, 0.3) is 0 Å². The van der Waals surface area contributed by atoms with E-state index in [1.807, 2.05) is 25.1 Å². The van der Waals surface area contributed by atoms with Gasteiger partial charge in [0.15, 0.2) is 5.78 Å². The van der Waals surface area contributed by atoms with Crippen molar-refractivity contribution in [2.24, 2.45) is 5.92 Å². The summed E-state index contributed by atoms with van der Waals surface area (Å²) in [6.07, 6.45) is 1.77. The Morgan fingerprint density at radius 3 is 2.93 bits per heavy atom. The van der Waals surface area contributed by atoms with Crippen LogP contribution in [0.2, 0.25) is 0 Å². The van der Waals surface area contributed by atoms with Gasteiger partial charge in [0.05, 0.1) is 6.04 Å². The van der Waals surface area contributed by atoms with Gasteiger partial charge in [0.25, 0.3) is 0 Å². The molecule has 2 unspecified atom stereocenters. The third-order valence-electron chi connectivity index (χ3n) is 3.21. The molecule has 0 fully saturated rings. The zero-order chi connectivity index (χ0) is 10.8. The number of nitrogens with one attached hydrogen (secondary N) is 1. The lowest BCUT2D eigenvalue weighted by molar-refractivity contribution is -0.123. The van der Waals surface area contributed by atoms with Crippen molar-refractivity contribution in [1.82, 2.24) is 0 Å². The molecule has 0 saturated heterocycles. The van der Waals surface area contributed by atoms with E-state index < -0.39 is 0 Å². The molecule has 1 heterocycles. The van der Waals surface area contributed by atoms with Crippen molar-refractivity contribution < 1.29 is 4.79 Å². The molecular formula is C13H17NO. The van der Waals surface area contributed by atoms with E-state index in [0.29, 0.717) is 5.78 Å². The maximum Gasteiger partial charge on any atom is 0.158 e. The Morgan fingerprint density at radius 2 is 2.27 bits per heavy atom. The van der Waals surface area contributed by atoms with Gasteiger partial charge < -0.3 is 5.32 Å². The largest absolute Gasteiger partial charge is 0.375 e. The minimum atomic E-state index is -0.00245. The second kappa shape index (κ2) is 4.05. The molecule has 0 saturated carbocycles. The van der Waals surface area contributed by atoms with Crippen molar-refractivity contribution in [3.8, 4) is 0 Å². The zero-order valence-electron chi connectivity index (χ0n) is 9.29. The molecule has 1 aliphatic heterocycles. The van der Waals surface area contributed by atoms with Crippen molar-refractivity contribution in [2.75, 3.05) is 5.32 Å². The molecule has 0 aliphatic carbocycles. The van der Waals surface area contributed by atoms with Gasteiger partial charge in [0.1, 0.15) is 0 Å². The van der Waals surface area contributed by atoms with Crippen molar-refractivity contribution >= 4 is 11.5 Å². The van der Waals surface area contributed by atoms with Gasteiger partial charge in [-0.2, -0.15) is 0 Å². The number of fused-ring (bicyclic) bond motifs is 1. The number of hydrogen-bond acceptors (Lipinski definition) is 2. The number of Topliss-reactive ketones (excluding diaryl/α,β-unsaturated/α-hetero) is 1. The highest BCUT2D eigenvalue weighted by Gasteiger charge is 2.28. The summed E-state index contributed by atoms with van der Waals surface area (Å²) in [5.41, 5.74) is 2.39. The van der Waals surface area contributed by atoms with Crippen LogP contribution in [0.15, 0.2) is 24.3 Å². The van der Waals surface area contributed by atoms with Crippen LogP contribution >= 0.6 is 0 Å². The van der Waals surface area contributed by atoms with E-state index >= 15 is 0 Å². The highest BCUT2D eigenvalue weighted by molar-refractivity contribution is 5.90. The van der Waals surface area contributed by atoms with Crippen LogP contribution < -0.4 is 5.32 Å². The van der Waals surface area contributed by atoms with Gasteiger partial charge in [-0.3, -0.25) is 4.79 Å². The number of hydrogen-bond donors (Lipinski definition) is 1. The predicted molar refractivity (Wildman–Crippen MR) is 62.0 cm³/mol. The lowest BCUT2D eigenvalue weighted by Crippen LogP contribution is -2.31. The molecule has 1 aliphatic rings. The van der Waals surface area contributed by atoms with Crippen LogP contribution in [0.4, 0.5) is 5.69 Å². The summed E-state index contributed by atoms with van der Waals surface area (Å²) in [6.45, 7) is 4.07. The topological polar surface area (TPSA) is 29.1 Å². The first-order valence-electron chi connectivity index (χ1n) is 5.60. The second-order valence-electron chi connectivity index (χ2n) is 4.27. The average Bonchev–Trinajstić information content (AvgIpc) is 2.70. The summed E-state index contributed by atoms with van der Waals surface area (Å²) < 4.78 is 0. The Kier molecular flexibility index (Phi) is 2.76. The van der Waals surface area contributed by atoms with Crippen LogP contribution in [-0.4, -0.2) is 11.8 Å². The SMILES string of the molecule is CCC(C)C(=O)C1Cc2ccccc2N1. The van der Waals surface area contributed by atoms with Gasteiger partial charge in [-0.1, -0.05) is 32.0 Å². The third kappa shape index (κ3) is 1.89. The normalized spacial score (nSPS) is 20.5. The van der Waals surface area contributed by atoms with Crippen LogP contribution in [0.5, 0.6) is 0 Å². The fraction of sp³-hybridized carbons (Fsp3) is 0.462. The Labute approximate surface area is 90.7 Å². The molecule has 2 nitrogen and oxygen atoms in total. The number of benzene rings is 1. The maximum atomic E-state index is 12.0. The molecule has 0 bridgehead atoms. The molecule has 0 radical (unpaired) electrons. The van der Waals surface area contributed by atoms with Crippen molar-refractivity contribution in [1.29, 1.82) is 0 Å². The lowest BCUT2D eigenvalue weighted by atomic mass is 9.96. The molecule has 0 amide bonds. The van der Waals surface area contributed by atoms with Crippen molar-refractivity contribution in [2.45, 2.75) is 32.7 Å². The van der Waals surface area contributed by atoms with Crippen LogP contribution in [0.1, 0.15) is 25.8 Å². The van der Waals surface area contributed by atoms with E-state index in [1.165, 1.54) is 5.56 Å². The van der Waals surface area contributed by atoms with Gasteiger partial charge in [0.2, 0.25) is 0 Å². The molecule has 1 aromatic rings. The number of para-hydroxylation sites is 1. The summed E-state index contributed by atoms with van der Waals surface area (Å²) in [5.74, 6) is 0.505. The second-order valence-corrected chi connectivity index (χ2v) is 4.27. The molecular weight excluding hydrogens is 186 g/mol. The number of carbonyl (C=O) groups is 1. The third-order valence-corrected chi connectivity index (χ3v) is 3.21. The maximum absolute atomic E-state index is 12.0. The van der Waals surface area contributed by atoms with E-state index in [1.54, 1.807) is 0 Å². The number of carbonyl (C=O) groups excluding carboxylic acids is 1. The zero-order valence-corrected chi connectivity index (χ0v) is 9.29. The Hall–Kier alpha value is -1.31.